The van der Waals surface area contributed by atoms with Crippen molar-refractivity contribution in [3.8, 4) is 0 Å². The molecule has 0 radical (unpaired) electrons. The van der Waals surface area contributed by atoms with E-state index in [1.54, 1.807) is 12.1 Å². The number of hydrogen-bond donors (Lipinski definition) is 1. The first-order valence-electron chi connectivity index (χ1n) is 7.69. The second kappa shape index (κ2) is 7.05. The summed E-state index contributed by atoms with van der Waals surface area (Å²) in [5, 5.41) is 3.91. The third-order valence-electron chi connectivity index (χ3n) is 3.72. The minimum absolute atomic E-state index is 0.122. The van der Waals surface area contributed by atoms with Gasteiger partial charge in [-0.2, -0.15) is 9.74 Å². The fraction of sp³-hybridized carbons (Fsp3) is 0.188. The van der Waals surface area contributed by atoms with Gasteiger partial charge in [0.2, 0.25) is 5.91 Å². The number of imide groups is 1. The number of hydrazine groups is 1. The normalized spacial score (nSPS) is 12.7. The molecule has 0 saturated carbocycles. The minimum Gasteiger partial charge on any atom is -0.359 e. The zero-order chi connectivity index (χ0) is 18.7. The molecule has 10 nitrogen and oxygen atoms in total. The summed E-state index contributed by atoms with van der Waals surface area (Å²) in [5.41, 5.74) is 0.357. The molecule has 3 rings (SSSR count). The second-order valence-corrected chi connectivity index (χ2v) is 5.29. The van der Waals surface area contributed by atoms with Crippen LogP contribution in [-0.2, 0) is 4.79 Å². The fourth-order valence-corrected chi connectivity index (χ4v) is 2.44. The summed E-state index contributed by atoms with van der Waals surface area (Å²) in [5.74, 6) is -1.68. The number of imidazole rings is 1. The van der Waals surface area contributed by atoms with Gasteiger partial charge in [0.25, 0.3) is 11.8 Å². The lowest BCUT2D eigenvalue weighted by molar-refractivity contribution is -0.121. The molecule has 0 unspecified atom stereocenters. The lowest BCUT2D eigenvalue weighted by atomic mass is 10.1. The van der Waals surface area contributed by atoms with Gasteiger partial charge in [0.15, 0.2) is 0 Å². The standard InChI is InChI=1S/C16H15N5O5/c1-17-13(22)6-8-20(16(25)26-19-9-7-18-10-19)21-14(23)11-4-2-3-5-12(11)15(21)24/h2-5,7,9-10H,6,8H2,1H3,(H,17,22). The van der Waals surface area contributed by atoms with Crippen LogP contribution in [0.2, 0.25) is 0 Å². The van der Waals surface area contributed by atoms with Crippen molar-refractivity contribution in [3.05, 3.63) is 54.1 Å². The maximum atomic E-state index is 12.6. The van der Waals surface area contributed by atoms with Crippen molar-refractivity contribution in [1.82, 2.24) is 25.0 Å². The number of fused-ring (bicyclic) bond motifs is 1. The Bertz CT molecular complexity index is 829. The van der Waals surface area contributed by atoms with Crippen LogP contribution < -0.4 is 10.2 Å². The molecule has 26 heavy (non-hydrogen) atoms. The number of hydrogen-bond acceptors (Lipinski definition) is 6. The largest absolute Gasteiger partial charge is 0.454 e. The van der Waals surface area contributed by atoms with Crippen LogP contribution in [0, 0.1) is 0 Å². The zero-order valence-electron chi connectivity index (χ0n) is 13.8. The van der Waals surface area contributed by atoms with Crippen LogP contribution >= 0.6 is 0 Å². The van der Waals surface area contributed by atoms with Crippen molar-refractivity contribution in [2.24, 2.45) is 0 Å². The molecule has 2 aromatic rings. The Morgan fingerprint density at radius 1 is 1.19 bits per heavy atom. The average Bonchev–Trinajstić information content (AvgIpc) is 3.24. The van der Waals surface area contributed by atoms with Gasteiger partial charge in [-0.25, -0.2) is 14.8 Å². The topological polar surface area (TPSA) is 114 Å². The molecule has 10 heteroatoms. The minimum atomic E-state index is -0.999. The van der Waals surface area contributed by atoms with Gasteiger partial charge in [0.1, 0.15) is 6.33 Å². The Morgan fingerprint density at radius 2 is 1.85 bits per heavy atom. The van der Waals surface area contributed by atoms with E-state index in [1.807, 2.05) is 0 Å². The third-order valence-corrected chi connectivity index (χ3v) is 3.72. The van der Waals surface area contributed by atoms with E-state index in [4.69, 9.17) is 4.84 Å². The Labute approximate surface area is 147 Å². The molecule has 1 aliphatic rings. The molecule has 0 fully saturated rings. The van der Waals surface area contributed by atoms with E-state index in [0.717, 1.165) is 9.74 Å². The van der Waals surface area contributed by atoms with Gasteiger partial charge < -0.3 is 10.2 Å². The maximum Gasteiger partial charge on any atom is 0.454 e. The molecule has 134 valence electrons. The summed E-state index contributed by atoms with van der Waals surface area (Å²) >= 11 is 0. The van der Waals surface area contributed by atoms with Crippen molar-refractivity contribution in [2.45, 2.75) is 6.42 Å². The molecular formula is C16H15N5O5. The van der Waals surface area contributed by atoms with E-state index >= 15 is 0 Å². The van der Waals surface area contributed by atoms with Gasteiger partial charge in [0.05, 0.1) is 23.9 Å². The number of benzene rings is 1. The number of aromatic nitrogens is 2. The molecule has 0 saturated heterocycles. The number of carbonyl (C=O) groups excluding carboxylic acids is 4. The van der Waals surface area contributed by atoms with Crippen molar-refractivity contribution >= 4 is 23.8 Å². The number of carbonyl (C=O) groups is 4. The molecule has 2 heterocycles. The van der Waals surface area contributed by atoms with Crippen LogP contribution in [0.3, 0.4) is 0 Å². The lowest BCUT2D eigenvalue weighted by Crippen LogP contribution is -2.52. The summed E-state index contributed by atoms with van der Waals surface area (Å²) in [7, 11) is 1.44. The van der Waals surface area contributed by atoms with Crippen molar-refractivity contribution < 1.29 is 24.0 Å². The maximum absolute atomic E-state index is 12.6. The highest BCUT2D eigenvalue weighted by atomic mass is 16.7. The monoisotopic (exact) mass is 357 g/mol. The van der Waals surface area contributed by atoms with E-state index < -0.39 is 17.9 Å². The van der Waals surface area contributed by atoms with Gasteiger partial charge >= 0.3 is 6.09 Å². The second-order valence-electron chi connectivity index (χ2n) is 5.29. The zero-order valence-corrected chi connectivity index (χ0v) is 13.8. The summed E-state index contributed by atoms with van der Waals surface area (Å²) in [6, 6.07) is 6.22. The average molecular weight is 357 g/mol. The van der Waals surface area contributed by atoms with Crippen LogP contribution in [0.4, 0.5) is 4.79 Å². The number of nitrogens with zero attached hydrogens (tertiary/aromatic N) is 4. The molecule has 1 N–H and O–H groups in total. The molecule has 0 atom stereocenters. The van der Waals surface area contributed by atoms with Gasteiger partial charge in [-0.1, -0.05) is 12.1 Å². The predicted molar refractivity (Wildman–Crippen MR) is 86.5 cm³/mol. The molecule has 0 aliphatic carbocycles. The third kappa shape index (κ3) is 3.11. The summed E-state index contributed by atoms with van der Waals surface area (Å²) in [6.45, 7) is -0.224. The molecule has 0 spiro atoms. The first kappa shape index (κ1) is 17.1. The van der Waals surface area contributed by atoms with Crippen molar-refractivity contribution in [3.63, 3.8) is 0 Å². The van der Waals surface area contributed by atoms with Gasteiger partial charge in [0, 0.05) is 19.7 Å². The molecular weight excluding hydrogens is 342 g/mol. The van der Waals surface area contributed by atoms with E-state index in [-0.39, 0.29) is 30.0 Å². The Kier molecular flexibility index (Phi) is 4.65. The van der Waals surface area contributed by atoms with E-state index in [2.05, 4.69) is 10.3 Å². The van der Waals surface area contributed by atoms with Crippen LogP contribution in [-0.4, -0.2) is 57.1 Å². The van der Waals surface area contributed by atoms with Crippen molar-refractivity contribution in [1.29, 1.82) is 0 Å². The molecule has 1 aromatic heterocycles. The quantitative estimate of drug-likeness (QED) is 0.758. The van der Waals surface area contributed by atoms with Crippen LogP contribution in [0.5, 0.6) is 0 Å². The van der Waals surface area contributed by atoms with Gasteiger partial charge in [-0.05, 0) is 12.1 Å². The summed E-state index contributed by atoms with van der Waals surface area (Å²) in [4.78, 5) is 58.1. The number of rotatable bonds is 5. The first-order chi connectivity index (χ1) is 12.5. The van der Waals surface area contributed by atoms with Gasteiger partial charge in [-0.3, -0.25) is 14.4 Å². The first-order valence-corrected chi connectivity index (χ1v) is 7.69. The number of amides is 4. The SMILES string of the molecule is CNC(=O)CCN(C(=O)On1ccnc1)N1C(=O)c2ccccc2C1=O. The van der Waals surface area contributed by atoms with Crippen LogP contribution in [0.25, 0.3) is 0 Å². The molecule has 1 aliphatic heterocycles. The van der Waals surface area contributed by atoms with E-state index in [1.165, 1.54) is 37.9 Å². The predicted octanol–water partition coefficient (Wildman–Crippen LogP) is 0.0810. The summed E-state index contributed by atoms with van der Waals surface area (Å²) < 4.78 is 1.02. The molecule has 4 amide bonds. The van der Waals surface area contributed by atoms with Crippen LogP contribution in [0.15, 0.2) is 43.0 Å². The Morgan fingerprint density at radius 3 is 2.38 bits per heavy atom. The van der Waals surface area contributed by atoms with E-state index in [0.29, 0.717) is 5.01 Å². The smallest absolute Gasteiger partial charge is 0.359 e. The van der Waals surface area contributed by atoms with Gasteiger partial charge in [-0.15, -0.1) is 0 Å². The number of nitrogens with one attached hydrogen (secondary N) is 1. The van der Waals surface area contributed by atoms with Crippen LogP contribution in [0.1, 0.15) is 27.1 Å². The van der Waals surface area contributed by atoms with E-state index in [9.17, 15) is 19.2 Å². The fourth-order valence-electron chi connectivity index (χ4n) is 2.44. The lowest BCUT2D eigenvalue weighted by Gasteiger charge is -2.28. The highest BCUT2D eigenvalue weighted by Gasteiger charge is 2.42. The summed E-state index contributed by atoms with van der Waals surface area (Å²) in [6.07, 6.45) is 2.88. The van der Waals surface area contributed by atoms with Crippen molar-refractivity contribution in [2.75, 3.05) is 13.6 Å². The highest BCUT2D eigenvalue weighted by molar-refractivity contribution is 6.21. The Balaban J connectivity index is 1.87. The Hall–Kier alpha value is -3.69. The highest BCUT2D eigenvalue weighted by Crippen LogP contribution is 2.24. The molecule has 1 aromatic carbocycles. The molecule has 0 bridgehead atoms.